The molecule has 0 saturated heterocycles. The Balaban J connectivity index is 2.89. The molecule has 0 unspecified atom stereocenters. The number of nitrogens with zero attached hydrogens (tertiary/aromatic N) is 1. The fraction of sp³-hybridized carbons (Fsp3) is 0.467. The fourth-order valence-corrected chi connectivity index (χ4v) is 3.72. The van der Waals surface area contributed by atoms with Crippen molar-refractivity contribution in [3.05, 3.63) is 29.8 Å². The van der Waals surface area contributed by atoms with Crippen LogP contribution in [0.15, 0.2) is 29.2 Å². The molecule has 1 aromatic carbocycles. The van der Waals surface area contributed by atoms with E-state index in [1.54, 1.807) is 0 Å². The largest absolute Gasteiger partial charge is 0.343 e. The highest BCUT2D eigenvalue weighted by Gasteiger charge is 2.23. The maximum atomic E-state index is 12.6. The monoisotopic (exact) mass is 356 g/mol. The lowest BCUT2D eigenvalue weighted by Crippen LogP contribution is -2.40. The molecule has 1 rings (SSSR count). The van der Waals surface area contributed by atoms with Crippen molar-refractivity contribution in [1.82, 2.24) is 15.0 Å². The zero-order chi connectivity index (χ0) is 18.2. The number of nitrogens with two attached hydrogens (primary N) is 1. The smallest absolute Gasteiger partial charge is 0.253 e. The van der Waals surface area contributed by atoms with Crippen LogP contribution in [0.2, 0.25) is 0 Å². The van der Waals surface area contributed by atoms with Gasteiger partial charge in [0.25, 0.3) is 11.8 Å². The summed E-state index contributed by atoms with van der Waals surface area (Å²) >= 11 is 0. The molecule has 24 heavy (non-hydrogen) atoms. The van der Waals surface area contributed by atoms with E-state index in [1.165, 1.54) is 28.6 Å². The molecule has 0 aliphatic heterocycles. The first kappa shape index (κ1) is 20.1. The number of sulfonamides is 1. The van der Waals surface area contributed by atoms with Crippen molar-refractivity contribution in [2.75, 3.05) is 19.6 Å². The first-order valence-corrected chi connectivity index (χ1v) is 9.18. The van der Waals surface area contributed by atoms with Gasteiger partial charge in [-0.2, -0.15) is 4.31 Å². The second-order valence-electron chi connectivity index (χ2n) is 5.18. The third kappa shape index (κ3) is 5.29. The van der Waals surface area contributed by atoms with Crippen molar-refractivity contribution in [1.29, 1.82) is 0 Å². The van der Waals surface area contributed by atoms with E-state index in [0.717, 1.165) is 12.8 Å². The van der Waals surface area contributed by atoms with Crippen molar-refractivity contribution < 1.29 is 18.0 Å². The summed E-state index contributed by atoms with van der Waals surface area (Å²) in [4.78, 5) is 23.0. The number of nitrogens with one attached hydrogen (secondary N) is 2. The second-order valence-corrected chi connectivity index (χ2v) is 7.12. The molecule has 0 radical (unpaired) electrons. The zero-order valence-electron chi connectivity index (χ0n) is 13.9. The standard InChI is InChI=1S/C15H24N4O4S/c1-3-9-19(10-4-2)24(22,23)13-7-5-12(6-8-13)15(21)17-11-14(20)18-16/h5-8H,3-4,9-11,16H2,1-2H3,(H,17,21)(H,18,20). The maximum absolute atomic E-state index is 12.6. The first-order chi connectivity index (χ1) is 11.4. The number of amides is 2. The van der Waals surface area contributed by atoms with Crippen LogP contribution in [0.5, 0.6) is 0 Å². The molecule has 0 aromatic heterocycles. The summed E-state index contributed by atoms with van der Waals surface area (Å²) in [7, 11) is -3.58. The molecule has 0 spiro atoms. The highest BCUT2D eigenvalue weighted by molar-refractivity contribution is 7.89. The lowest BCUT2D eigenvalue weighted by molar-refractivity contribution is -0.120. The molecular formula is C15H24N4O4S. The minimum atomic E-state index is -3.58. The summed E-state index contributed by atoms with van der Waals surface area (Å²) < 4.78 is 26.6. The maximum Gasteiger partial charge on any atom is 0.253 e. The van der Waals surface area contributed by atoms with E-state index in [9.17, 15) is 18.0 Å². The molecule has 8 nitrogen and oxygen atoms in total. The van der Waals surface area contributed by atoms with Crippen molar-refractivity contribution in [2.24, 2.45) is 5.84 Å². The van der Waals surface area contributed by atoms with Crippen LogP contribution < -0.4 is 16.6 Å². The molecule has 134 valence electrons. The van der Waals surface area contributed by atoms with E-state index in [2.05, 4.69) is 5.32 Å². The lowest BCUT2D eigenvalue weighted by Gasteiger charge is -2.21. The van der Waals surface area contributed by atoms with Crippen LogP contribution in [0.1, 0.15) is 37.0 Å². The van der Waals surface area contributed by atoms with Crippen LogP contribution >= 0.6 is 0 Å². The molecule has 0 fully saturated rings. The Kier molecular flexibility index (Phi) is 7.83. The van der Waals surface area contributed by atoms with Crippen LogP contribution in [0.3, 0.4) is 0 Å². The average Bonchev–Trinajstić information content (AvgIpc) is 2.59. The SMILES string of the molecule is CCCN(CCC)S(=O)(=O)c1ccc(C(=O)NCC(=O)NN)cc1. The van der Waals surface area contributed by atoms with Crippen molar-refractivity contribution in [2.45, 2.75) is 31.6 Å². The summed E-state index contributed by atoms with van der Waals surface area (Å²) in [5, 5.41) is 2.38. The van der Waals surface area contributed by atoms with Gasteiger partial charge < -0.3 is 5.32 Å². The highest BCUT2D eigenvalue weighted by atomic mass is 32.2. The van der Waals surface area contributed by atoms with Gasteiger partial charge >= 0.3 is 0 Å². The van der Waals surface area contributed by atoms with Gasteiger partial charge in [-0.25, -0.2) is 14.3 Å². The van der Waals surface area contributed by atoms with Crippen molar-refractivity contribution in [3.8, 4) is 0 Å². The molecule has 9 heteroatoms. The van der Waals surface area contributed by atoms with E-state index in [-0.39, 0.29) is 17.0 Å². The Labute approximate surface area is 142 Å². The molecular weight excluding hydrogens is 332 g/mol. The molecule has 2 amide bonds. The van der Waals surface area contributed by atoms with E-state index in [4.69, 9.17) is 5.84 Å². The van der Waals surface area contributed by atoms with Crippen molar-refractivity contribution >= 4 is 21.8 Å². The number of hydrogen-bond acceptors (Lipinski definition) is 5. The Bertz CT molecular complexity index is 653. The normalized spacial score (nSPS) is 11.3. The van der Waals surface area contributed by atoms with Crippen LogP contribution in [0, 0.1) is 0 Å². The summed E-state index contributed by atoms with van der Waals surface area (Å²) in [6.45, 7) is 4.49. The number of hydrazine groups is 1. The third-order valence-corrected chi connectivity index (χ3v) is 5.18. The van der Waals surface area contributed by atoms with Crippen LogP contribution in [0.4, 0.5) is 0 Å². The quantitative estimate of drug-likeness (QED) is 0.332. The zero-order valence-corrected chi connectivity index (χ0v) is 14.7. The minimum Gasteiger partial charge on any atom is -0.343 e. The Morgan fingerprint density at radius 2 is 1.62 bits per heavy atom. The molecule has 0 bridgehead atoms. The Morgan fingerprint density at radius 1 is 1.08 bits per heavy atom. The number of benzene rings is 1. The summed E-state index contributed by atoms with van der Waals surface area (Å²) in [5.41, 5.74) is 2.16. The molecule has 4 N–H and O–H groups in total. The number of hydrogen-bond donors (Lipinski definition) is 3. The molecule has 0 heterocycles. The van der Waals surface area contributed by atoms with E-state index in [0.29, 0.717) is 13.1 Å². The molecule has 0 atom stereocenters. The topological polar surface area (TPSA) is 122 Å². The predicted molar refractivity (Wildman–Crippen MR) is 90.4 cm³/mol. The van der Waals surface area contributed by atoms with Gasteiger partial charge in [0.1, 0.15) is 0 Å². The second kappa shape index (κ2) is 9.36. The fourth-order valence-electron chi connectivity index (χ4n) is 2.09. The predicted octanol–water partition coefficient (Wildman–Crippen LogP) is 0.217. The van der Waals surface area contributed by atoms with Gasteiger partial charge in [-0.05, 0) is 37.1 Å². The van der Waals surface area contributed by atoms with Crippen LogP contribution in [-0.2, 0) is 14.8 Å². The number of carbonyl (C=O) groups is 2. The summed E-state index contributed by atoms with van der Waals surface area (Å²) in [6, 6.07) is 5.62. The summed E-state index contributed by atoms with van der Waals surface area (Å²) in [6.07, 6.45) is 1.45. The van der Waals surface area contributed by atoms with Gasteiger partial charge in [0, 0.05) is 18.7 Å². The van der Waals surface area contributed by atoms with Crippen LogP contribution in [-0.4, -0.2) is 44.2 Å². The van der Waals surface area contributed by atoms with E-state index < -0.39 is 21.8 Å². The molecule has 0 aliphatic rings. The summed E-state index contributed by atoms with van der Waals surface area (Å²) in [5.74, 6) is 3.91. The van der Waals surface area contributed by atoms with Gasteiger partial charge in [-0.15, -0.1) is 0 Å². The molecule has 1 aromatic rings. The minimum absolute atomic E-state index is 0.139. The molecule has 0 saturated carbocycles. The third-order valence-electron chi connectivity index (χ3n) is 3.27. The first-order valence-electron chi connectivity index (χ1n) is 7.74. The molecule has 0 aliphatic carbocycles. The Hall–Kier alpha value is -1.97. The Morgan fingerprint density at radius 3 is 2.08 bits per heavy atom. The van der Waals surface area contributed by atoms with Gasteiger partial charge in [0.2, 0.25) is 10.0 Å². The highest BCUT2D eigenvalue weighted by Crippen LogP contribution is 2.17. The van der Waals surface area contributed by atoms with Gasteiger partial charge in [-0.3, -0.25) is 15.0 Å². The van der Waals surface area contributed by atoms with Gasteiger partial charge in [0.15, 0.2) is 0 Å². The number of carbonyl (C=O) groups excluding carboxylic acids is 2. The van der Waals surface area contributed by atoms with Gasteiger partial charge in [0.05, 0.1) is 11.4 Å². The van der Waals surface area contributed by atoms with Crippen LogP contribution in [0.25, 0.3) is 0 Å². The average molecular weight is 356 g/mol. The lowest BCUT2D eigenvalue weighted by atomic mass is 10.2. The van der Waals surface area contributed by atoms with Gasteiger partial charge in [-0.1, -0.05) is 13.8 Å². The van der Waals surface area contributed by atoms with E-state index >= 15 is 0 Å². The van der Waals surface area contributed by atoms with Crippen molar-refractivity contribution in [3.63, 3.8) is 0 Å². The van der Waals surface area contributed by atoms with E-state index in [1.807, 2.05) is 19.3 Å². The number of rotatable bonds is 9.